The topological polar surface area (TPSA) is 21.9 Å². The molecule has 1 nitrogen and oxygen atoms in total. The van der Waals surface area contributed by atoms with E-state index >= 15 is 0 Å². The number of hydrogen-bond acceptors (Lipinski definition) is 1. The van der Waals surface area contributed by atoms with Gasteiger partial charge in [-0.25, -0.2) is 0 Å². The number of hydrogen-bond donors (Lipinski definition) is 1. The maximum absolute atomic E-state index is 3.54. The van der Waals surface area contributed by atoms with Crippen LogP contribution in [0.2, 0.25) is 0 Å². The van der Waals surface area contributed by atoms with E-state index in [1.54, 1.807) is 0 Å². The van der Waals surface area contributed by atoms with Crippen LogP contribution in [0.5, 0.6) is 0 Å². The zero-order valence-corrected chi connectivity index (χ0v) is 6.82. The van der Waals surface area contributed by atoms with Crippen molar-refractivity contribution in [2.75, 3.05) is 6.54 Å². The van der Waals surface area contributed by atoms with Crippen molar-refractivity contribution in [2.45, 2.75) is 44.6 Å². The molecule has 2 rings (SSSR count). The standard InChI is InChI=1S/C9H17N/c1-8-5-3-2-4-6-9(8)7-10-9/h8,10H,2-7H2,1H3/t8-,9+/m1/s1. The molecule has 1 heteroatoms. The van der Waals surface area contributed by atoms with Gasteiger partial charge < -0.3 is 5.32 Å². The smallest absolute Gasteiger partial charge is 0.0332 e. The second-order valence-corrected chi connectivity index (χ2v) is 4.01. The number of nitrogens with one attached hydrogen (secondary N) is 1. The van der Waals surface area contributed by atoms with Crippen molar-refractivity contribution in [3.8, 4) is 0 Å². The molecule has 2 atom stereocenters. The van der Waals surface area contributed by atoms with Crippen LogP contribution >= 0.6 is 0 Å². The molecule has 1 heterocycles. The summed E-state index contributed by atoms with van der Waals surface area (Å²) in [5, 5.41) is 3.54. The Labute approximate surface area is 63.2 Å². The largest absolute Gasteiger partial charge is 0.308 e. The zero-order valence-electron chi connectivity index (χ0n) is 6.82. The highest BCUT2D eigenvalue weighted by atomic mass is 15.2. The maximum Gasteiger partial charge on any atom is 0.0332 e. The first-order chi connectivity index (χ1) is 4.83. The molecule has 1 N–H and O–H groups in total. The van der Waals surface area contributed by atoms with E-state index in [1.807, 2.05) is 0 Å². The second-order valence-electron chi connectivity index (χ2n) is 4.01. The first-order valence-corrected chi connectivity index (χ1v) is 4.58. The lowest BCUT2D eigenvalue weighted by Gasteiger charge is -2.17. The molecule has 0 aromatic heterocycles. The predicted octanol–water partition coefficient (Wildman–Crippen LogP) is 1.93. The van der Waals surface area contributed by atoms with Gasteiger partial charge >= 0.3 is 0 Å². The lowest BCUT2D eigenvalue weighted by molar-refractivity contribution is 0.397. The highest BCUT2D eigenvalue weighted by molar-refractivity contribution is 5.07. The minimum absolute atomic E-state index is 0.622. The third kappa shape index (κ3) is 0.968. The summed E-state index contributed by atoms with van der Waals surface area (Å²) in [6.07, 6.45) is 7.27. The Kier molecular flexibility index (Phi) is 1.48. The Morgan fingerprint density at radius 3 is 2.80 bits per heavy atom. The van der Waals surface area contributed by atoms with Gasteiger partial charge in [0.2, 0.25) is 0 Å². The van der Waals surface area contributed by atoms with E-state index in [0.29, 0.717) is 5.54 Å². The molecule has 1 aliphatic heterocycles. The molecule has 0 radical (unpaired) electrons. The van der Waals surface area contributed by atoms with Crippen molar-refractivity contribution >= 4 is 0 Å². The monoisotopic (exact) mass is 139 g/mol. The molecule has 1 saturated carbocycles. The molecular formula is C9H17N. The Morgan fingerprint density at radius 1 is 1.30 bits per heavy atom. The molecule has 0 aromatic carbocycles. The van der Waals surface area contributed by atoms with Crippen LogP contribution in [0.4, 0.5) is 0 Å². The summed E-state index contributed by atoms with van der Waals surface area (Å²) in [6, 6.07) is 0. The summed E-state index contributed by atoms with van der Waals surface area (Å²) in [5.41, 5.74) is 0.622. The lowest BCUT2D eigenvalue weighted by atomic mass is 9.89. The van der Waals surface area contributed by atoms with Gasteiger partial charge in [-0.05, 0) is 18.8 Å². The van der Waals surface area contributed by atoms with Crippen molar-refractivity contribution < 1.29 is 0 Å². The van der Waals surface area contributed by atoms with Crippen LogP contribution in [0.15, 0.2) is 0 Å². The predicted molar refractivity (Wildman–Crippen MR) is 43.0 cm³/mol. The number of rotatable bonds is 0. The minimum atomic E-state index is 0.622. The first-order valence-electron chi connectivity index (χ1n) is 4.58. The van der Waals surface area contributed by atoms with Crippen LogP contribution in [-0.4, -0.2) is 12.1 Å². The third-order valence-corrected chi connectivity index (χ3v) is 3.33. The Bertz CT molecular complexity index is 127. The molecule has 1 spiro atoms. The van der Waals surface area contributed by atoms with E-state index in [9.17, 15) is 0 Å². The van der Waals surface area contributed by atoms with E-state index in [4.69, 9.17) is 0 Å². The van der Waals surface area contributed by atoms with E-state index in [2.05, 4.69) is 12.2 Å². The molecule has 0 amide bonds. The highest BCUT2D eigenvalue weighted by Gasteiger charge is 2.46. The third-order valence-electron chi connectivity index (χ3n) is 3.33. The van der Waals surface area contributed by atoms with Crippen LogP contribution in [0.3, 0.4) is 0 Å². The van der Waals surface area contributed by atoms with Gasteiger partial charge in [0.15, 0.2) is 0 Å². The summed E-state index contributed by atoms with van der Waals surface area (Å²) in [4.78, 5) is 0. The van der Waals surface area contributed by atoms with Gasteiger partial charge in [0, 0.05) is 12.1 Å². The average Bonchev–Trinajstić information content (AvgIpc) is 2.69. The SMILES string of the molecule is C[C@@H]1CCCCC[C@]12CN2. The second kappa shape index (κ2) is 2.23. The minimum Gasteiger partial charge on any atom is -0.308 e. The van der Waals surface area contributed by atoms with Gasteiger partial charge in [0.05, 0.1) is 0 Å². The van der Waals surface area contributed by atoms with Crippen LogP contribution in [0, 0.1) is 5.92 Å². The van der Waals surface area contributed by atoms with E-state index in [0.717, 1.165) is 5.92 Å². The average molecular weight is 139 g/mol. The van der Waals surface area contributed by atoms with Gasteiger partial charge in [0.1, 0.15) is 0 Å². The molecular weight excluding hydrogens is 122 g/mol. The quantitative estimate of drug-likeness (QED) is 0.509. The Balaban J connectivity index is 2.02. The van der Waals surface area contributed by atoms with Crippen LogP contribution < -0.4 is 5.32 Å². The maximum atomic E-state index is 3.54. The van der Waals surface area contributed by atoms with Gasteiger partial charge in [-0.3, -0.25) is 0 Å². The summed E-state index contributed by atoms with van der Waals surface area (Å²) >= 11 is 0. The van der Waals surface area contributed by atoms with Crippen LogP contribution in [0.25, 0.3) is 0 Å². The van der Waals surface area contributed by atoms with Gasteiger partial charge in [0.25, 0.3) is 0 Å². The normalized spacial score (nSPS) is 47.1. The Morgan fingerprint density at radius 2 is 2.10 bits per heavy atom. The molecule has 0 bridgehead atoms. The van der Waals surface area contributed by atoms with E-state index in [-0.39, 0.29) is 0 Å². The van der Waals surface area contributed by atoms with Crippen molar-refractivity contribution in [3.05, 3.63) is 0 Å². The fourth-order valence-corrected chi connectivity index (χ4v) is 2.23. The van der Waals surface area contributed by atoms with Gasteiger partial charge in [-0.15, -0.1) is 0 Å². The molecule has 0 unspecified atom stereocenters. The van der Waals surface area contributed by atoms with Crippen LogP contribution in [0.1, 0.15) is 39.0 Å². The zero-order chi connectivity index (χ0) is 7.03. The molecule has 2 aliphatic rings. The highest BCUT2D eigenvalue weighted by Crippen LogP contribution is 2.38. The Hall–Kier alpha value is -0.0400. The summed E-state index contributed by atoms with van der Waals surface area (Å²) in [7, 11) is 0. The van der Waals surface area contributed by atoms with Crippen molar-refractivity contribution in [3.63, 3.8) is 0 Å². The summed E-state index contributed by atoms with van der Waals surface area (Å²) in [6.45, 7) is 3.71. The van der Waals surface area contributed by atoms with Crippen molar-refractivity contribution in [1.82, 2.24) is 5.32 Å². The molecule has 58 valence electrons. The van der Waals surface area contributed by atoms with E-state index in [1.165, 1.54) is 38.6 Å². The molecule has 2 fully saturated rings. The molecule has 1 aliphatic carbocycles. The van der Waals surface area contributed by atoms with Gasteiger partial charge in [-0.1, -0.05) is 26.2 Å². The summed E-state index contributed by atoms with van der Waals surface area (Å²) < 4.78 is 0. The fourth-order valence-electron chi connectivity index (χ4n) is 2.23. The van der Waals surface area contributed by atoms with E-state index < -0.39 is 0 Å². The fraction of sp³-hybridized carbons (Fsp3) is 1.00. The van der Waals surface area contributed by atoms with Crippen molar-refractivity contribution in [1.29, 1.82) is 0 Å². The molecule has 10 heavy (non-hydrogen) atoms. The van der Waals surface area contributed by atoms with Crippen molar-refractivity contribution in [2.24, 2.45) is 5.92 Å². The van der Waals surface area contributed by atoms with Crippen LogP contribution in [-0.2, 0) is 0 Å². The van der Waals surface area contributed by atoms with Gasteiger partial charge in [-0.2, -0.15) is 0 Å². The first kappa shape index (κ1) is 6.66. The molecule has 1 saturated heterocycles. The lowest BCUT2D eigenvalue weighted by Crippen LogP contribution is -2.23. The molecule has 0 aromatic rings. The summed E-state index contributed by atoms with van der Waals surface area (Å²) in [5.74, 6) is 0.940.